The van der Waals surface area contributed by atoms with Gasteiger partial charge in [-0.05, 0) is 12.1 Å². The molecule has 0 amide bonds. The van der Waals surface area contributed by atoms with Crippen molar-refractivity contribution in [1.82, 2.24) is 10.5 Å². The first-order valence-electron chi connectivity index (χ1n) is 3.89. The lowest BCUT2D eigenvalue weighted by Crippen LogP contribution is -2.17. The lowest BCUT2D eigenvalue weighted by Gasteiger charge is -2.03. The third-order valence-electron chi connectivity index (χ3n) is 1.42. The lowest BCUT2D eigenvalue weighted by molar-refractivity contribution is 0.00304. The van der Waals surface area contributed by atoms with Gasteiger partial charge >= 0.3 is 0 Å². The summed E-state index contributed by atoms with van der Waals surface area (Å²) in [5, 5.41) is 0. The Kier molecular flexibility index (Phi) is 4.44. The highest BCUT2D eigenvalue weighted by atomic mass is 16.7. The molecule has 0 saturated carbocycles. The van der Waals surface area contributed by atoms with Crippen molar-refractivity contribution in [1.29, 1.82) is 0 Å². The minimum Gasteiger partial charge on any atom is -0.382 e. The number of aromatic amines is 1. The van der Waals surface area contributed by atoms with Crippen molar-refractivity contribution in [2.75, 3.05) is 20.3 Å². The molecule has 0 spiro atoms. The van der Waals surface area contributed by atoms with E-state index in [0.29, 0.717) is 19.8 Å². The molecule has 0 aliphatic heterocycles. The second-order valence-electron chi connectivity index (χ2n) is 2.36. The first-order valence-corrected chi connectivity index (χ1v) is 3.89. The number of ether oxygens (including phenoxy) is 1. The molecule has 12 heavy (non-hydrogen) atoms. The third-order valence-corrected chi connectivity index (χ3v) is 1.42. The molecule has 0 aliphatic carbocycles. The first-order chi connectivity index (χ1) is 5.93. The average Bonchev–Trinajstić information content (AvgIpc) is 2.57. The second-order valence-corrected chi connectivity index (χ2v) is 2.36. The molecule has 2 N–H and O–H groups in total. The van der Waals surface area contributed by atoms with Crippen LogP contribution in [-0.2, 0) is 16.1 Å². The highest BCUT2D eigenvalue weighted by Gasteiger charge is 1.90. The number of methoxy groups -OCH3 is 1. The Balaban J connectivity index is 1.96. The van der Waals surface area contributed by atoms with Gasteiger partial charge in [0.25, 0.3) is 0 Å². The molecule has 4 nitrogen and oxygen atoms in total. The Morgan fingerprint density at radius 1 is 1.50 bits per heavy atom. The molecule has 4 heteroatoms. The Bertz CT molecular complexity index is 187. The molecule has 0 saturated heterocycles. The smallest absolute Gasteiger partial charge is 0.0916 e. The normalized spacial score (nSPS) is 10.4. The average molecular weight is 170 g/mol. The zero-order chi connectivity index (χ0) is 8.65. The fourth-order valence-corrected chi connectivity index (χ4v) is 0.803. The van der Waals surface area contributed by atoms with E-state index in [1.54, 1.807) is 7.11 Å². The quantitative estimate of drug-likeness (QED) is 0.487. The first kappa shape index (κ1) is 9.25. The fourth-order valence-electron chi connectivity index (χ4n) is 0.803. The molecule has 1 rings (SSSR count). The van der Waals surface area contributed by atoms with Crippen LogP contribution >= 0.6 is 0 Å². The number of hydroxylamine groups is 1. The lowest BCUT2D eigenvalue weighted by atomic mass is 10.4. The molecule has 1 aromatic rings. The van der Waals surface area contributed by atoms with Gasteiger partial charge < -0.3 is 9.72 Å². The topological polar surface area (TPSA) is 46.3 Å². The van der Waals surface area contributed by atoms with Crippen molar-refractivity contribution < 1.29 is 9.57 Å². The van der Waals surface area contributed by atoms with E-state index in [9.17, 15) is 0 Å². The minimum absolute atomic E-state index is 0.567. The summed E-state index contributed by atoms with van der Waals surface area (Å²) in [4.78, 5) is 8.11. The number of nitrogens with one attached hydrogen (secondary N) is 2. The molecule has 0 atom stereocenters. The predicted molar refractivity (Wildman–Crippen MR) is 45.5 cm³/mol. The Morgan fingerprint density at radius 2 is 2.42 bits per heavy atom. The van der Waals surface area contributed by atoms with Crippen molar-refractivity contribution in [3.8, 4) is 0 Å². The van der Waals surface area contributed by atoms with Gasteiger partial charge in [0, 0.05) is 19.0 Å². The van der Waals surface area contributed by atoms with Crippen LogP contribution < -0.4 is 5.48 Å². The van der Waals surface area contributed by atoms with Crippen LogP contribution in [0.15, 0.2) is 18.3 Å². The molecule has 0 unspecified atom stereocenters. The van der Waals surface area contributed by atoms with Gasteiger partial charge in [0.05, 0.1) is 19.8 Å². The number of aromatic nitrogens is 1. The molecule has 0 bridgehead atoms. The monoisotopic (exact) mass is 170 g/mol. The van der Waals surface area contributed by atoms with Crippen molar-refractivity contribution in [3.05, 3.63) is 24.0 Å². The summed E-state index contributed by atoms with van der Waals surface area (Å²) >= 11 is 0. The second kappa shape index (κ2) is 5.77. The van der Waals surface area contributed by atoms with Crippen LogP contribution in [-0.4, -0.2) is 25.3 Å². The minimum atomic E-state index is 0.567. The highest BCUT2D eigenvalue weighted by molar-refractivity contribution is 5.02. The highest BCUT2D eigenvalue weighted by Crippen LogP contribution is 1.92. The van der Waals surface area contributed by atoms with Crippen LogP contribution in [0.3, 0.4) is 0 Å². The van der Waals surface area contributed by atoms with E-state index < -0.39 is 0 Å². The van der Waals surface area contributed by atoms with Crippen LogP contribution in [0, 0.1) is 0 Å². The van der Waals surface area contributed by atoms with Crippen LogP contribution in [0.5, 0.6) is 0 Å². The van der Waals surface area contributed by atoms with E-state index in [-0.39, 0.29) is 0 Å². The van der Waals surface area contributed by atoms with Gasteiger partial charge in [0.1, 0.15) is 0 Å². The molecule has 0 radical (unpaired) electrons. The molecule has 0 fully saturated rings. The van der Waals surface area contributed by atoms with E-state index >= 15 is 0 Å². The number of hydrogen-bond donors (Lipinski definition) is 2. The van der Waals surface area contributed by atoms with Crippen LogP contribution in [0.2, 0.25) is 0 Å². The number of H-pyrrole nitrogens is 1. The molecule has 1 heterocycles. The van der Waals surface area contributed by atoms with Gasteiger partial charge in [-0.3, -0.25) is 4.84 Å². The summed E-state index contributed by atoms with van der Waals surface area (Å²) in [5.74, 6) is 0. The molecule has 0 aliphatic rings. The maximum absolute atomic E-state index is 5.05. The Morgan fingerprint density at radius 3 is 3.08 bits per heavy atom. The van der Waals surface area contributed by atoms with Crippen LogP contribution in [0.4, 0.5) is 0 Å². The molecule has 68 valence electrons. The summed E-state index contributed by atoms with van der Waals surface area (Å²) in [6.45, 7) is 1.87. The van der Waals surface area contributed by atoms with Crippen molar-refractivity contribution >= 4 is 0 Å². The van der Waals surface area contributed by atoms with Crippen molar-refractivity contribution in [2.45, 2.75) is 6.54 Å². The zero-order valence-electron chi connectivity index (χ0n) is 7.17. The fraction of sp³-hybridized carbons (Fsp3) is 0.500. The van der Waals surface area contributed by atoms with E-state index in [1.165, 1.54) is 0 Å². The van der Waals surface area contributed by atoms with Gasteiger partial charge in [-0.1, -0.05) is 0 Å². The number of rotatable bonds is 6. The van der Waals surface area contributed by atoms with Crippen molar-refractivity contribution in [2.24, 2.45) is 0 Å². The Hall–Kier alpha value is -0.840. The standard InChI is InChI=1S/C8H14N2O2/c1-11-5-6-12-10-7-8-3-2-4-9-8/h2-4,9-10H,5-7H2,1H3. The van der Waals surface area contributed by atoms with Gasteiger partial charge in [-0.2, -0.15) is 5.48 Å². The van der Waals surface area contributed by atoms with Crippen LogP contribution in [0.1, 0.15) is 5.69 Å². The maximum Gasteiger partial charge on any atom is 0.0916 e. The maximum atomic E-state index is 5.05. The summed E-state index contributed by atoms with van der Waals surface area (Å²) in [7, 11) is 1.65. The molecular weight excluding hydrogens is 156 g/mol. The van der Waals surface area contributed by atoms with Gasteiger partial charge in [0.2, 0.25) is 0 Å². The van der Waals surface area contributed by atoms with E-state index in [1.807, 2.05) is 18.3 Å². The van der Waals surface area contributed by atoms with Gasteiger partial charge in [-0.25, -0.2) is 0 Å². The predicted octanol–water partition coefficient (Wildman–Crippen LogP) is 0.682. The molecule has 0 aromatic carbocycles. The van der Waals surface area contributed by atoms with Crippen molar-refractivity contribution in [3.63, 3.8) is 0 Å². The van der Waals surface area contributed by atoms with Gasteiger partial charge in [0.15, 0.2) is 0 Å². The zero-order valence-corrected chi connectivity index (χ0v) is 7.17. The van der Waals surface area contributed by atoms with Gasteiger partial charge in [-0.15, -0.1) is 0 Å². The summed E-state index contributed by atoms with van der Waals surface area (Å²) < 4.78 is 4.81. The molecular formula is C8H14N2O2. The van der Waals surface area contributed by atoms with Crippen LogP contribution in [0.25, 0.3) is 0 Å². The SMILES string of the molecule is COCCONCc1ccc[nH]1. The molecule has 1 aromatic heterocycles. The summed E-state index contributed by atoms with van der Waals surface area (Å²) in [6, 6.07) is 3.94. The number of hydrogen-bond acceptors (Lipinski definition) is 3. The summed E-state index contributed by atoms with van der Waals surface area (Å²) in [5.41, 5.74) is 3.92. The summed E-state index contributed by atoms with van der Waals surface area (Å²) in [6.07, 6.45) is 1.88. The van der Waals surface area contributed by atoms with E-state index in [4.69, 9.17) is 9.57 Å². The van der Waals surface area contributed by atoms with E-state index in [2.05, 4.69) is 10.5 Å². The Labute approximate surface area is 71.8 Å². The largest absolute Gasteiger partial charge is 0.382 e. The van der Waals surface area contributed by atoms with E-state index in [0.717, 1.165) is 5.69 Å². The third kappa shape index (κ3) is 3.52.